The van der Waals surface area contributed by atoms with Crippen molar-refractivity contribution in [2.24, 2.45) is 0 Å². The standard InChI is InChI=1S/C19H22N4O/c1-13(2)23-18-16(12-21-23)11-17(14(3)22-18)19(24)20-10-9-15-7-5-4-6-8-15/h4-8,11-13H,9-10H2,1-3H3,(H,20,24). The van der Waals surface area contributed by atoms with Crippen LogP contribution in [0.2, 0.25) is 0 Å². The van der Waals surface area contributed by atoms with Crippen molar-refractivity contribution in [3.8, 4) is 0 Å². The largest absolute Gasteiger partial charge is 0.352 e. The van der Waals surface area contributed by atoms with Gasteiger partial charge in [-0.2, -0.15) is 5.10 Å². The quantitative estimate of drug-likeness (QED) is 0.784. The lowest BCUT2D eigenvalue weighted by molar-refractivity contribution is 0.0953. The fourth-order valence-corrected chi connectivity index (χ4v) is 2.73. The van der Waals surface area contributed by atoms with Crippen LogP contribution in [0.15, 0.2) is 42.6 Å². The highest BCUT2D eigenvalue weighted by molar-refractivity contribution is 5.98. The van der Waals surface area contributed by atoms with Gasteiger partial charge in [-0.15, -0.1) is 0 Å². The summed E-state index contributed by atoms with van der Waals surface area (Å²) in [5.74, 6) is -0.0878. The molecule has 0 aliphatic carbocycles. The molecule has 1 aromatic carbocycles. The molecule has 0 radical (unpaired) electrons. The predicted molar refractivity (Wildman–Crippen MR) is 95.1 cm³/mol. The Kier molecular flexibility index (Phi) is 4.60. The van der Waals surface area contributed by atoms with Crippen LogP contribution in [0.1, 0.15) is 41.5 Å². The van der Waals surface area contributed by atoms with Gasteiger partial charge < -0.3 is 5.32 Å². The number of aryl methyl sites for hydroxylation is 1. The molecule has 3 aromatic rings. The van der Waals surface area contributed by atoms with Gasteiger partial charge in [-0.25, -0.2) is 9.67 Å². The number of fused-ring (bicyclic) bond motifs is 1. The molecule has 3 rings (SSSR count). The second-order valence-corrected chi connectivity index (χ2v) is 6.21. The summed E-state index contributed by atoms with van der Waals surface area (Å²) in [6.07, 6.45) is 2.58. The number of rotatable bonds is 5. The van der Waals surface area contributed by atoms with Gasteiger partial charge in [-0.1, -0.05) is 30.3 Å². The summed E-state index contributed by atoms with van der Waals surface area (Å²) in [7, 11) is 0. The van der Waals surface area contributed by atoms with Crippen molar-refractivity contribution in [2.75, 3.05) is 6.54 Å². The van der Waals surface area contributed by atoms with E-state index in [4.69, 9.17) is 0 Å². The zero-order valence-corrected chi connectivity index (χ0v) is 14.3. The molecule has 0 atom stereocenters. The maximum absolute atomic E-state index is 12.5. The van der Waals surface area contributed by atoms with Crippen molar-refractivity contribution in [3.63, 3.8) is 0 Å². The highest BCUT2D eigenvalue weighted by Crippen LogP contribution is 2.19. The topological polar surface area (TPSA) is 59.8 Å². The molecule has 0 unspecified atom stereocenters. The molecule has 2 aromatic heterocycles. The molecule has 0 bridgehead atoms. The molecular formula is C19H22N4O. The van der Waals surface area contributed by atoms with Crippen LogP contribution in [0.25, 0.3) is 11.0 Å². The molecule has 0 spiro atoms. The summed E-state index contributed by atoms with van der Waals surface area (Å²) in [5.41, 5.74) is 3.37. The summed E-state index contributed by atoms with van der Waals surface area (Å²) in [6, 6.07) is 12.2. The van der Waals surface area contributed by atoms with E-state index in [-0.39, 0.29) is 11.9 Å². The maximum atomic E-state index is 12.5. The monoisotopic (exact) mass is 322 g/mol. The molecule has 124 valence electrons. The minimum Gasteiger partial charge on any atom is -0.352 e. The van der Waals surface area contributed by atoms with E-state index >= 15 is 0 Å². The second-order valence-electron chi connectivity index (χ2n) is 6.21. The normalized spacial score (nSPS) is 11.2. The molecule has 0 fully saturated rings. The number of hydrogen-bond acceptors (Lipinski definition) is 3. The van der Waals surface area contributed by atoms with Gasteiger partial charge in [-0.3, -0.25) is 4.79 Å². The molecule has 5 heteroatoms. The van der Waals surface area contributed by atoms with Gasteiger partial charge in [0.15, 0.2) is 5.65 Å². The highest BCUT2D eigenvalue weighted by Gasteiger charge is 2.14. The molecule has 0 saturated carbocycles. The van der Waals surface area contributed by atoms with Gasteiger partial charge in [0.1, 0.15) is 0 Å². The maximum Gasteiger partial charge on any atom is 0.253 e. The van der Waals surface area contributed by atoms with E-state index in [0.29, 0.717) is 12.1 Å². The van der Waals surface area contributed by atoms with E-state index in [0.717, 1.165) is 23.1 Å². The molecular weight excluding hydrogens is 300 g/mol. The highest BCUT2D eigenvalue weighted by atomic mass is 16.1. The number of hydrogen-bond donors (Lipinski definition) is 1. The average Bonchev–Trinajstić information content (AvgIpc) is 2.98. The number of nitrogens with zero attached hydrogens (tertiary/aromatic N) is 3. The van der Waals surface area contributed by atoms with Crippen molar-refractivity contribution < 1.29 is 4.79 Å². The molecule has 1 amide bonds. The van der Waals surface area contributed by atoms with E-state index in [1.165, 1.54) is 5.56 Å². The summed E-state index contributed by atoms with van der Waals surface area (Å²) < 4.78 is 1.87. The van der Waals surface area contributed by atoms with Gasteiger partial charge in [0.25, 0.3) is 5.91 Å². The van der Waals surface area contributed by atoms with Crippen LogP contribution in [0.4, 0.5) is 0 Å². The van der Waals surface area contributed by atoms with Crippen molar-refractivity contribution in [2.45, 2.75) is 33.2 Å². The van der Waals surface area contributed by atoms with E-state index in [9.17, 15) is 4.79 Å². The predicted octanol–water partition coefficient (Wildman–Crippen LogP) is 3.29. The first-order valence-electron chi connectivity index (χ1n) is 8.23. The van der Waals surface area contributed by atoms with Crippen LogP contribution in [-0.4, -0.2) is 27.2 Å². The third kappa shape index (κ3) is 3.30. The van der Waals surface area contributed by atoms with E-state index < -0.39 is 0 Å². The minimum atomic E-state index is -0.0878. The Labute approximate surface area is 141 Å². The number of carbonyl (C=O) groups is 1. The fraction of sp³-hybridized carbons (Fsp3) is 0.316. The third-order valence-corrected chi connectivity index (χ3v) is 4.04. The van der Waals surface area contributed by atoms with Gasteiger partial charge in [-0.05, 0) is 38.8 Å². The zero-order chi connectivity index (χ0) is 17.1. The Morgan fingerprint density at radius 2 is 2.00 bits per heavy atom. The Morgan fingerprint density at radius 1 is 1.25 bits per heavy atom. The minimum absolute atomic E-state index is 0.0878. The van der Waals surface area contributed by atoms with Crippen LogP contribution < -0.4 is 5.32 Å². The SMILES string of the molecule is Cc1nc2c(cnn2C(C)C)cc1C(=O)NCCc1ccccc1. The molecule has 0 aliphatic heterocycles. The Morgan fingerprint density at radius 3 is 2.71 bits per heavy atom. The molecule has 1 N–H and O–H groups in total. The van der Waals surface area contributed by atoms with Crippen LogP contribution in [-0.2, 0) is 6.42 Å². The summed E-state index contributed by atoms with van der Waals surface area (Å²) in [6.45, 7) is 6.59. The van der Waals surface area contributed by atoms with Crippen molar-refractivity contribution >= 4 is 16.9 Å². The first-order valence-corrected chi connectivity index (χ1v) is 8.23. The molecule has 0 saturated heterocycles. The Balaban J connectivity index is 1.74. The number of carbonyl (C=O) groups excluding carboxylic acids is 1. The van der Waals surface area contributed by atoms with Crippen LogP contribution in [0.5, 0.6) is 0 Å². The lowest BCUT2D eigenvalue weighted by atomic mass is 10.1. The van der Waals surface area contributed by atoms with Crippen molar-refractivity contribution in [3.05, 3.63) is 59.4 Å². The third-order valence-electron chi connectivity index (χ3n) is 4.04. The van der Waals surface area contributed by atoms with Crippen LogP contribution in [0.3, 0.4) is 0 Å². The smallest absolute Gasteiger partial charge is 0.253 e. The first-order chi connectivity index (χ1) is 11.6. The number of nitrogens with one attached hydrogen (secondary N) is 1. The number of pyridine rings is 1. The zero-order valence-electron chi connectivity index (χ0n) is 14.3. The number of amides is 1. The van der Waals surface area contributed by atoms with E-state index in [1.54, 1.807) is 6.20 Å². The number of aromatic nitrogens is 3. The molecule has 2 heterocycles. The van der Waals surface area contributed by atoms with Crippen LogP contribution in [0, 0.1) is 6.92 Å². The van der Waals surface area contributed by atoms with Crippen molar-refractivity contribution in [1.82, 2.24) is 20.1 Å². The molecule has 5 nitrogen and oxygen atoms in total. The Bertz CT molecular complexity index is 852. The van der Waals surface area contributed by atoms with Gasteiger partial charge in [0.2, 0.25) is 0 Å². The van der Waals surface area contributed by atoms with Gasteiger partial charge in [0.05, 0.1) is 17.5 Å². The summed E-state index contributed by atoms with van der Waals surface area (Å²) in [4.78, 5) is 17.0. The molecule has 24 heavy (non-hydrogen) atoms. The average molecular weight is 322 g/mol. The lowest BCUT2D eigenvalue weighted by Crippen LogP contribution is -2.26. The lowest BCUT2D eigenvalue weighted by Gasteiger charge is -2.10. The van der Waals surface area contributed by atoms with Gasteiger partial charge in [0, 0.05) is 18.0 Å². The van der Waals surface area contributed by atoms with E-state index in [1.807, 2.05) is 35.9 Å². The molecule has 0 aliphatic rings. The Hall–Kier alpha value is -2.69. The summed E-state index contributed by atoms with van der Waals surface area (Å²) >= 11 is 0. The van der Waals surface area contributed by atoms with E-state index in [2.05, 4.69) is 41.4 Å². The summed E-state index contributed by atoms with van der Waals surface area (Å²) in [5, 5.41) is 8.23. The van der Waals surface area contributed by atoms with Crippen LogP contribution >= 0.6 is 0 Å². The number of benzene rings is 1. The van der Waals surface area contributed by atoms with Gasteiger partial charge >= 0.3 is 0 Å². The van der Waals surface area contributed by atoms with Crippen molar-refractivity contribution in [1.29, 1.82) is 0 Å². The second kappa shape index (κ2) is 6.83. The first kappa shape index (κ1) is 16.2. The fourth-order valence-electron chi connectivity index (χ4n) is 2.73.